The molecule has 21 heavy (non-hydrogen) atoms. The molecule has 1 aromatic carbocycles. The highest BCUT2D eigenvalue weighted by Gasteiger charge is 2.31. The summed E-state index contributed by atoms with van der Waals surface area (Å²) < 4.78 is 23.0. The normalized spacial score (nSPS) is 11.6. The van der Waals surface area contributed by atoms with Crippen LogP contribution in [0.4, 0.5) is 0 Å². The van der Waals surface area contributed by atoms with Crippen LogP contribution in [0.3, 0.4) is 0 Å². The summed E-state index contributed by atoms with van der Waals surface area (Å²) in [5.41, 5.74) is 2.56. The molecule has 5 heteroatoms. The minimum absolute atomic E-state index is 0.0518. The number of ether oxygens (including phenoxy) is 1. The Morgan fingerprint density at radius 1 is 1.05 bits per heavy atom. The summed E-state index contributed by atoms with van der Waals surface area (Å²) in [6.07, 6.45) is 0.104. The number of fused-ring (bicyclic) bond motifs is 1. The molecule has 0 aliphatic rings. The highest BCUT2D eigenvalue weighted by atomic mass is 16.6. The summed E-state index contributed by atoms with van der Waals surface area (Å²) in [6.45, 7) is 9.95. The van der Waals surface area contributed by atoms with Crippen LogP contribution in [0.15, 0.2) is 22.6 Å². The molecule has 0 amide bonds. The quantitative estimate of drug-likeness (QED) is 0.765. The first kappa shape index (κ1) is 15.9. The summed E-state index contributed by atoms with van der Waals surface area (Å²) in [5, 5.41) is 1.02. The molecule has 0 bridgehead atoms. The van der Waals surface area contributed by atoms with Crippen LogP contribution in [0.2, 0.25) is 0 Å². The van der Waals surface area contributed by atoms with Crippen LogP contribution in [-0.2, 0) is 9.31 Å². The molecule has 0 radical (unpaired) electrons. The van der Waals surface area contributed by atoms with E-state index < -0.39 is 7.12 Å². The molecule has 0 atom stereocenters. The molecule has 0 saturated heterocycles. The van der Waals surface area contributed by atoms with E-state index >= 15 is 0 Å². The van der Waals surface area contributed by atoms with Gasteiger partial charge in [-0.2, -0.15) is 0 Å². The van der Waals surface area contributed by atoms with Crippen LogP contribution in [0.25, 0.3) is 11.0 Å². The molecule has 4 nitrogen and oxygen atoms in total. The Morgan fingerprint density at radius 2 is 1.67 bits per heavy atom. The lowest BCUT2D eigenvalue weighted by molar-refractivity contribution is 0.136. The fourth-order valence-corrected chi connectivity index (χ4v) is 2.22. The van der Waals surface area contributed by atoms with Crippen molar-refractivity contribution in [3.8, 4) is 5.75 Å². The first-order valence-corrected chi connectivity index (χ1v) is 7.30. The number of hydrogen-bond donors (Lipinski definition) is 0. The molecular weight excluding hydrogens is 267 g/mol. The van der Waals surface area contributed by atoms with Gasteiger partial charge in [0.2, 0.25) is 0 Å². The molecular formula is C16H23BO4. The molecule has 0 saturated carbocycles. The predicted octanol–water partition coefficient (Wildman–Crippen LogP) is 3.30. The lowest BCUT2D eigenvalue weighted by atomic mass is 9.82. The van der Waals surface area contributed by atoms with Gasteiger partial charge in [0, 0.05) is 17.6 Å². The summed E-state index contributed by atoms with van der Waals surface area (Å²) in [6, 6.07) is 5.77. The maximum absolute atomic E-state index is 5.96. The third-order valence-corrected chi connectivity index (χ3v) is 3.19. The lowest BCUT2D eigenvalue weighted by Crippen LogP contribution is -2.41. The topological polar surface area (TPSA) is 40.8 Å². The fourth-order valence-electron chi connectivity index (χ4n) is 2.22. The van der Waals surface area contributed by atoms with Crippen LogP contribution >= 0.6 is 0 Å². The first-order chi connectivity index (χ1) is 9.92. The van der Waals surface area contributed by atoms with Crippen molar-refractivity contribution < 1.29 is 18.5 Å². The van der Waals surface area contributed by atoms with Gasteiger partial charge in [-0.25, -0.2) is 0 Å². The smallest absolute Gasteiger partial charge is 0.497 e. The van der Waals surface area contributed by atoms with Crippen molar-refractivity contribution in [2.75, 3.05) is 7.11 Å². The van der Waals surface area contributed by atoms with E-state index in [4.69, 9.17) is 18.5 Å². The molecule has 0 fully saturated rings. The molecule has 2 rings (SSSR count). The Bertz CT molecular complexity index is 594. The summed E-state index contributed by atoms with van der Waals surface area (Å²) >= 11 is 0. The van der Waals surface area contributed by atoms with Gasteiger partial charge in [-0.1, -0.05) is 0 Å². The molecule has 1 heterocycles. The number of benzene rings is 1. The third-order valence-electron chi connectivity index (χ3n) is 3.19. The van der Waals surface area contributed by atoms with Gasteiger partial charge in [0.1, 0.15) is 17.0 Å². The molecule has 0 spiro atoms. The Kier molecular flexibility index (Phi) is 4.96. The van der Waals surface area contributed by atoms with Crippen molar-refractivity contribution in [1.29, 1.82) is 0 Å². The fraction of sp³-hybridized carbons (Fsp3) is 0.500. The average molecular weight is 290 g/mol. The lowest BCUT2D eigenvalue weighted by Gasteiger charge is -2.18. The van der Waals surface area contributed by atoms with E-state index in [2.05, 4.69) is 0 Å². The van der Waals surface area contributed by atoms with Crippen LogP contribution in [0.1, 0.15) is 33.3 Å². The maximum atomic E-state index is 5.96. The van der Waals surface area contributed by atoms with Gasteiger partial charge in [-0.3, -0.25) is 0 Å². The van der Waals surface area contributed by atoms with E-state index in [1.807, 2.05) is 52.8 Å². The molecule has 0 N–H and O–H groups in total. The summed E-state index contributed by atoms with van der Waals surface area (Å²) in [5.74, 6) is 0.809. The average Bonchev–Trinajstić information content (AvgIpc) is 2.74. The van der Waals surface area contributed by atoms with Gasteiger partial charge in [0.05, 0.1) is 7.11 Å². The summed E-state index contributed by atoms with van der Waals surface area (Å²) in [4.78, 5) is 0. The van der Waals surface area contributed by atoms with Crippen molar-refractivity contribution in [2.45, 2.75) is 46.8 Å². The van der Waals surface area contributed by atoms with E-state index in [-0.39, 0.29) is 12.2 Å². The second-order valence-electron chi connectivity index (χ2n) is 5.66. The number of aryl methyl sites for hydroxylation is 1. The Labute approximate surface area is 126 Å². The highest BCUT2D eigenvalue weighted by Crippen LogP contribution is 2.25. The van der Waals surface area contributed by atoms with Crippen LogP contribution in [-0.4, -0.2) is 26.4 Å². The SMILES string of the molecule is COc1ccc2oc(B(OC(C)C)OC(C)C)c(C)c2c1. The third kappa shape index (κ3) is 3.60. The Balaban J connectivity index is 2.44. The van der Waals surface area contributed by atoms with Crippen molar-refractivity contribution in [3.63, 3.8) is 0 Å². The zero-order valence-electron chi connectivity index (χ0n) is 13.6. The standard InChI is InChI=1S/C16H23BO4/c1-10(2)20-17(21-11(3)4)16-12(5)14-9-13(18-6)7-8-15(14)19-16/h7-11H,1-6H3. The van der Waals surface area contributed by atoms with E-state index in [1.165, 1.54) is 0 Å². The molecule has 114 valence electrons. The van der Waals surface area contributed by atoms with E-state index in [0.29, 0.717) is 0 Å². The van der Waals surface area contributed by atoms with Crippen LogP contribution in [0, 0.1) is 6.92 Å². The van der Waals surface area contributed by atoms with Crippen molar-refractivity contribution >= 4 is 23.7 Å². The largest absolute Gasteiger partial charge is 0.532 e. The zero-order chi connectivity index (χ0) is 15.6. The molecule has 0 aliphatic carbocycles. The molecule has 0 aliphatic heterocycles. The molecule has 2 aromatic rings. The Hall–Kier alpha value is -1.46. The number of rotatable bonds is 6. The zero-order valence-corrected chi connectivity index (χ0v) is 13.6. The van der Waals surface area contributed by atoms with E-state index in [9.17, 15) is 0 Å². The van der Waals surface area contributed by atoms with E-state index in [0.717, 1.165) is 27.9 Å². The number of furan rings is 1. The summed E-state index contributed by atoms with van der Waals surface area (Å²) in [7, 11) is 1.16. The van der Waals surface area contributed by atoms with Crippen LogP contribution < -0.4 is 10.4 Å². The van der Waals surface area contributed by atoms with E-state index in [1.54, 1.807) is 7.11 Å². The van der Waals surface area contributed by atoms with Gasteiger partial charge in [0.15, 0.2) is 0 Å². The number of hydrogen-bond acceptors (Lipinski definition) is 4. The van der Waals surface area contributed by atoms with Crippen molar-refractivity contribution in [2.24, 2.45) is 0 Å². The monoisotopic (exact) mass is 290 g/mol. The van der Waals surface area contributed by atoms with Gasteiger partial charge in [0.25, 0.3) is 0 Å². The highest BCUT2D eigenvalue weighted by molar-refractivity contribution is 6.61. The van der Waals surface area contributed by atoms with Gasteiger partial charge >= 0.3 is 7.12 Å². The Morgan fingerprint density at radius 3 is 2.19 bits per heavy atom. The maximum Gasteiger partial charge on any atom is 0.532 e. The second kappa shape index (κ2) is 6.54. The molecule has 0 unspecified atom stereocenters. The second-order valence-corrected chi connectivity index (χ2v) is 5.66. The minimum Gasteiger partial charge on any atom is -0.497 e. The van der Waals surface area contributed by atoms with Gasteiger partial charge in [-0.15, -0.1) is 0 Å². The van der Waals surface area contributed by atoms with Crippen molar-refractivity contribution in [3.05, 3.63) is 23.8 Å². The first-order valence-electron chi connectivity index (χ1n) is 7.30. The van der Waals surface area contributed by atoms with Crippen LogP contribution in [0.5, 0.6) is 5.75 Å². The number of methoxy groups -OCH3 is 1. The van der Waals surface area contributed by atoms with Gasteiger partial charge in [-0.05, 0) is 58.4 Å². The van der Waals surface area contributed by atoms with Crippen molar-refractivity contribution in [1.82, 2.24) is 0 Å². The minimum atomic E-state index is -0.497. The molecule has 1 aromatic heterocycles. The van der Waals surface area contributed by atoms with Gasteiger partial charge < -0.3 is 18.5 Å². The predicted molar refractivity (Wildman–Crippen MR) is 85.3 cm³/mol.